The highest BCUT2D eigenvalue weighted by Gasteiger charge is 2.45. The molecular formula is C122H107N17O5. The maximum atomic E-state index is 6.40. The van der Waals surface area contributed by atoms with Gasteiger partial charge in [-0.3, -0.25) is 14.7 Å². The van der Waals surface area contributed by atoms with E-state index >= 15 is 0 Å². The van der Waals surface area contributed by atoms with Gasteiger partial charge in [-0.05, 0) is 228 Å². The van der Waals surface area contributed by atoms with Crippen molar-refractivity contribution < 1.29 is 22.1 Å². The summed E-state index contributed by atoms with van der Waals surface area (Å²) >= 11 is 0. The van der Waals surface area contributed by atoms with Crippen LogP contribution < -0.4 is 49.0 Å². The lowest BCUT2D eigenvalue weighted by atomic mass is 10.1. The molecule has 22 nitrogen and oxygen atoms in total. The van der Waals surface area contributed by atoms with Crippen LogP contribution in [-0.2, 0) is 0 Å². The molecule has 0 bridgehead atoms. The second-order valence-corrected chi connectivity index (χ2v) is 38.1. The summed E-state index contributed by atoms with van der Waals surface area (Å²) < 4.78 is 31.8. The highest BCUT2D eigenvalue weighted by atomic mass is 16.3. The number of aryl methyl sites for hydroxylation is 5. The molecule has 710 valence electrons. The fourth-order valence-electron chi connectivity index (χ4n) is 22.6. The van der Waals surface area contributed by atoms with E-state index in [1.165, 1.54) is 16.7 Å². The Balaban J connectivity index is 0.0000000969. The first kappa shape index (κ1) is 89.1. The third-order valence-electron chi connectivity index (χ3n) is 28.9. The second kappa shape index (κ2) is 36.0. The normalized spacial score (nSPS) is 16.2. The Hall–Kier alpha value is -17.5. The number of para-hydroxylation sites is 8. The van der Waals surface area contributed by atoms with E-state index in [4.69, 9.17) is 42.0 Å². The van der Waals surface area contributed by atoms with Gasteiger partial charge in [0.1, 0.15) is 58.7 Å². The first-order valence-electron chi connectivity index (χ1n) is 49.4. The van der Waals surface area contributed by atoms with Crippen LogP contribution in [0.1, 0.15) is 90.1 Å². The van der Waals surface area contributed by atoms with E-state index in [1.807, 2.05) is 134 Å². The molecule has 5 aliphatic rings. The van der Waals surface area contributed by atoms with Crippen LogP contribution in [0.15, 0.2) is 375 Å². The lowest BCUT2D eigenvalue weighted by Gasteiger charge is -2.33. The molecule has 144 heavy (non-hydrogen) atoms. The molecule has 0 saturated carbocycles. The number of furan rings is 5. The van der Waals surface area contributed by atoms with Crippen molar-refractivity contribution in [1.29, 1.82) is 0 Å². The fourth-order valence-corrected chi connectivity index (χ4v) is 22.6. The quantitative estimate of drug-likeness (QED) is 0.126. The maximum absolute atomic E-state index is 6.40. The largest absolute Gasteiger partial charge is 0.454 e. The first-order chi connectivity index (χ1) is 70.4. The molecule has 28 rings (SSSR count). The number of hydrogen-bond acceptors (Lipinski definition) is 22. The Kier molecular flexibility index (Phi) is 22.3. The van der Waals surface area contributed by atoms with Crippen LogP contribution in [0.2, 0.25) is 0 Å². The van der Waals surface area contributed by atoms with Crippen LogP contribution in [0.25, 0.3) is 110 Å². The molecule has 13 aromatic carbocycles. The monoisotopic (exact) mass is 1890 g/mol. The number of rotatable bonds is 10. The minimum Gasteiger partial charge on any atom is -0.454 e. The molecule has 0 unspecified atom stereocenters. The minimum absolute atomic E-state index is 0.0117. The van der Waals surface area contributed by atoms with Crippen LogP contribution in [0.4, 0.5) is 103 Å². The van der Waals surface area contributed by atoms with Crippen LogP contribution in [0, 0.1) is 34.6 Å². The molecule has 15 heterocycles. The summed E-state index contributed by atoms with van der Waals surface area (Å²) in [5, 5.41) is 11.4. The summed E-state index contributed by atoms with van der Waals surface area (Å²) in [7, 11) is 0. The van der Waals surface area contributed by atoms with Crippen LogP contribution in [0.3, 0.4) is 0 Å². The number of pyridine rings is 3. The van der Waals surface area contributed by atoms with Gasteiger partial charge in [0.05, 0.1) is 45.5 Å². The van der Waals surface area contributed by atoms with Crippen molar-refractivity contribution >= 4 is 213 Å². The topological polar surface area (TPSA) is 188 Å². The molecule has 0 saturated heterocycles. The highest BCUT2D eigenvalue weighted by Crippen LogP contribution is 2.57. The molecule has 0 amide bonds. The summed E-state index contributed by atoms with van der Waals surface area (Å²) in [6, 6.07) is 107. The molecule has 5 aliphatic heterocycles. The van der Waals surface area contributed by atoms with Gasteiger partial charge in [-0.2, -0.15) is 0 Å². The van der Waals surface area contributed by atoms with E-state index in [0.717, 1.165) is 224 Å². The average Bonchev–Trinajstić information content (AvgIpc) is 1.58. The van der Waals surface area contributed by atoms with Gasteiger partial charge in [0.15, 0.2) is 68.6 Å². The van der Waals surface area contributed by atoms with Gasteiger partial charge < -0.3 is 56.4 Å². The molecule has 23 aromatic rings. The Morgan fingerprint density at radius 3 is 0.785 bits per heavy atom. The van der Waals surface area contributed by atoms with E-state index in [-0.39, 0.29) is 30.8 Å². The second-order valence-electron chi connectivity index (χ2n) is 38.1. The Morgan fingerprint density at radius 2 is 0.424 bits per heavy atom. The molecule has 5 atom stereocenters. The first-order valence-corrected chi connectivity index (χ1v) is 49.4. The van der Waals surface area contributed by atoms with Gasteiger partial charge in [-0.25, -0.2) is 34.9 Å². The summed E-state index contributed by atoms with van der Waals surface area (Å²) in [6.07, 6.45) is 13.0. The summed E-state index contributed by atoms with van der Waals surface area (Å²) in [6.45, 7) is 30.6. The number of anilines is 18. The maximum Gasteiger partial charge on any atom is 0.178 e. The number of benzene rings is 13. The number of nitrogens with zero attached hydrogens (tertiary/aromatic N) is 17. The van der Waals surface area contributed by atoms with Crippen molar-refractivity contribution in [3.63, 3.8) is 0 Å². The zero-order valence-corrected chi connectivity index (χ0v) is 82.7. The molecule has 10 aromatic heterocycles. The zero-order valence-electron chi connectivity index (χ0n) is 82.7. The molecule has 22 heteroatoms. The highest BCUT2D eigenvalue weighted by molar-refractivity contribution is 6.16. The molecule has 0 N–H and O–H groups in total. The van der Waals surface area contributed by atoms with Gasteiger partial charge in [-0.15, -0.1) is 0 Å². The van der Waals surface area contributed by atoms with Crippen LogP contribution in [0.5, 0.6) is 0 Å². The third kappa shape index (κ3) is 14.5. The Bertz CT molecular complexity index is 8160. The molecular weight excluding hydrogens is 1780 g/mol. The molecule has 0 radical (unpaired) electrons. The van der Waals surface area contributed by atoms with Crippen molar-refractivity contribution in [2.45, 2.75) is 140 Å². The van der Waals surface area contributed by atoms with E-state index < -0.39 is 0 Å². The van der Waals surface area contributed by atoms with Crippen molar-refractivity contribution in [2.75, 3.05) is 49.0 Å². The van der Waals surface area contributed by atoms with Crippen molar-refractivity contribution in [3.8, 4) is 0 Å². The standard InChI is InChI=1S/2C26H21N3O.C25H20N4O.C23H23N3O.C22H22N4O/c1-17-14-15-21-20-11-6-7-13-23(20)30-25(21)24(17)29-18(2)28(19-9-4-3-5-10-19)26-22(29)12-8-16-27-26;1-17-14-15-21-20-11-6-7-13-23(20)30-25(21)24(17)29-18(2)28(19-9-4-3-5-10-19)22-12-8-16-27-26(22)29;1-16-12-13-20-19-10-6-7-11-21(19)30-23(20)22(16)29-17(2)28(18-8-4-3-5-9-18)24-25(29)27-15-14-26-24;1-14(2)25-16(4)26(19-9-7-13-24-23(19)25)21-15(3)11-12-18-17-8-5-6-10-20(17)27-22(18)21;1-13(2)25-15(4)26(22-21(25)23-11-12-24-22)19-14(3)9-10-17-16-7-5-6-8-18(16)27-20(17)19/h2*3-16,18H,1-2H3;3-15,17H,1-2H3;5-14,16H,1-4H3;5-13,15H,1-4H3/t2*18-;17-;16-;15-/m00000/s1. The van der Waals surface area contributed by atoms with Crippen LogP contribution >= 0.6 is 0 Å². The van der Waals surface area contributed by atoms with Crippen molar-refractivity contribution in [3.05, 3.63) is 381 Å². The van der Waals surface area contributed by atoms with Crippen LogP contribution in [-0.4, -0.2) is 77.8 Å². The van der Waals surface area contributed by atoms with E-state index in [9.17, 15) is 0 Å². The number of fused-ring (bicyclic) bond motifs is 20. The Labute approximate surface area is 834 Å². The van der Waals surface area contributed by atoms with Crippen molar-refractivity contribution in [1.82, 2.24) is 34.9 Å². The lowest BCUT2D eigenvalue weighted by Crippen LogP contribution is -2.42. The van der Waals surface area contributed by atoms with E-state index in [0.29, 0.717) is 12.1 Å². The zero-order chi connectivity index (χ0) is 98.1. The number of aromatic nitrogens is 7. The predicted octanol–water partition coefficient (Wildman–Crippen LogP) is 31.6. The van der Waals surface area contributed by atoms with Gasteiger partial charge in [0.2, 0.25) is 0 Å². The Morgan fingerprint density at radius 1 is 0.194 bits per heavy atom. The lowest BCUT2D eigenvalue weighted by molar-refractivity contribution is 0.598. The SMILES string of the molecule is Cc1ccc2c(oc3ccccc32)c1N1c2cccnc2N(C(C)C)[C@@H]1C.Cc1ccc2c(oc3ccccc32)c1N1c2cccnc2N(c2ccccc2)[C@@H]1C.Cc1ccc2c(oc3ccccc32)c1N1c2ncccc2N(c2ccccc2)[C@@H]1C.Cc1ccc2c(oc3ccccc32)c1N1c2nccnc2N(C(C)C)[C@@H]1C.Cc1ccc2c(oc3ccccc32)c1N1c2nccnc2N(c2ccccc2)[C@@H]1C. The van der Waals surface area contributed by atoms with E-state index in [1.54, 1.807) is 24.8 Å². The minimum atomic E-state index is -0.0117. The summed E-state index contributed by atoms with van der Waals surface area (Å²) in [4.78, 5) is 56.0. The third-order valence-corrected chi connectivity index (χ3v) is 28.9. The average molecular weight is 1890 g/mol. The van der Waals surface area contributed by atoms with Gasteiger partial charge in [0, 0.05) is 126 Å². The van der Waals surface area contributed by atoms with E-state index in [2.05, 4.69) is 355 Å². The molecule has 0 spiro atoms. The van der Waals surface area contributed by atoms with Gasteiger partial charge >= 0.3 is 0 Å². The predicted molar refractivity (Wildman–Crippen MR) is 588 cm³/mol. The smallest absolute Gasteiger partial charge is 0.178 e. The van der Waals surface area contributed by atoms with Gasteiger partial charge in [0.25, 0.3) is 0 Å². The molecule has 0 fully saturated rings. The number of hydrogen-bond donors (Lipinski definition) is 0. The molecule has 0 aliphatic carbocycles. The van der Waals surface area contributed by atoms with Crippen molar-refractivity contribution in [2.24, 2.45) is 0 Å². The summed E-state index contributed by atoms with van der Waals surface area (Å²) in [5.41, 5.74) is 27.1. The fraction of sp³-hybridized carbons (Fsp3) is 0.172. The van der Waals surface area contributed by atoms with Gasteiger partial charge in [-0.1, -0.05) is 206 Å². The summed E-state index contributed by atoms with van der Waals surface area (Å²) in [5.74, 6) is 6.44.